The van der Waals surface area contributed by atoms with E-state index in [1.807, 2.05) is 6.92 Å². The van der Waals surface area contributed by atoms with Crippen molar-refractivity contribution in [1.29, 1.82) is 0 Å². The first-order valence-electron chi connectivity index (χ1n) is 3.36. The molecule has 0 heterocycles. The van der Waals surface area contributed by atoms with E-state index in [1.165, 1.54) is 0 Å². The van der Waals surface area contributed by atoms with Crippen LogP contribution >= 0.6 is 0 Å². The molecule has 0 rings (SSSR count). The molecule has 6 nitrogen and oxygen atoms in total. The van der Waals surface area contributed by atoms with E-state index in [9.17, 15) is 4.79 Å². The van der Waals surface area contributed by atoms with Crippen LogP contribution in [0.5, 0.6) is 0 Å². The molecule has 0 aromatic heterocycles. The second-order valence-electron chi connectivity index (χ2n) is 1.66. The average Bonchev–Trinajstić information content (AvgIpc) is 1.90. The van der Waals surface area contributed by atoms with Crippen molar-refractivity contribution in [3.05, 3.63) is 0 Å². The van der Waals surface area contributed by atoms with Gasteiger partial charge in [0.25, 0.3) is 5.97 Å². The van der Waals surface area contributed by atoms with Crippen LogP contribution in [0.4, 0.5) is 0 Å². The standard InChI is InChI=1S/C4H8O2.C2H4O2.CH4O.H2O/c1-2-3-4(5)6;1-2(3)4;1-2;/h2-3H2,1H3,(H,5,6);1H3,(H,3,4);2H,1H3;1H2. The maximum Gasteiger partial charge on any atom is 0.303 e. The molecule has 0 bridgehead atoms. The van der Waals surface area contributed by atoms with Gasteiger partial charge in [0, 0.05) is 20.5 Å². The highest BCUT2D eigenvalue weighted by atomic mass is 16.4. The van der Waals surface area contributed by atoms with Gasteiger partial charge in [-0.25, -0.2) is 0 Å². The Morgan fingerprint density at radius 1 is 1.15 bits per heavy atom. The zero-order valence-electron chi connectivity index (χ0n) is 8.07. The molecule has 82 valence electrons. The Labute approximate surface area is 77.1 Å². The molecule has 6 heteroatoms. The second-order valence-corrected chi connectivity index (χ2v) is 1.66. The average molecular weight is 198 g/mol. The summed E-state index contributed by atoms with van der Waals surface area (Å²) >= 11 is 0. The van der Waals surface area contributed by atoms with Crippen LogP contribution in [-0.2, 0) is 9.59 Å². The zero-order valence-corrected chi connectivity index (χ0v) is 8.07. The molecule has 0 atom stereocenters. The third-order valence-electron chi connectivity index (χ3n) is 0.464. The van der Waals surface area contributed by atoms with Crippen LogP contribution in [-0.4, -0.2) is 39.8 Å². The van der Waals surface area contributed by atoms with Crippen LogP contribution < -0.4 is 0 Å². The summed E-state index contributed by atoms with van der Waals surface area (Å²) in [7, 11) is 1.00. The van der Waals surface area contributed by atoms with Crippen molar-refractivity contribution in [3.8, 4) is 0 Å². The van der Waals surface area contributed by atoms with Crippen LogP contribution in [0, 0.1) is 0 Å². The summed E-state index contributed by atoms with van der Waals surface area (Å²) in [5.74, 6) is -1.54. The maximum atomic E-state index is 9.60. The SMILES string of the molecule is CC(=O)O.CCCC(=O)O.CO.O. The fraction of sp³-hybridized carbons (Fsp3) is 0.714. The Morgan fingerprint density at radius 2 is 1.38 bits per heavy atom. The van der Waals surface area contributed by atoms with E-state index in [1.54, 1.807) is 0 Å². The van der Waals surface area contributed by atoms with Gasteiger partial charge in [0.2, 0.25) is 0 Å². The minimum Gasteiger partial charge on any atom is -0.481 e. The van der Waals surface area contributed by atoms with Crippen LogP contribution in [0.2, 0.25) is 0 Å². The Balaban J connectivity index is -0.0000000512. The van der Waals surface area contributed by atoms with Gasteiger partial charge in [-0.3, -0.25) is 9.59 Å². The monoisotopic (exact) mass is 198 g/mol. The van der Waals surface area contributed by atoms with Crippen LogP contribution in [0.1, 0.15) is 26.7 Å². The number of hydrogen-bond acceptors (Lipinski definition) is 3. The number of aliphatic carboxylic acids is 2. The number of carboxylic acids is 2. The molecule has 13 heavy (non-hydrogen) atoms. The van der Waals surface area contributed by atoms with Gasteiger partial charge >= 0.3 is 5.97 Å². The summed E-state index contributed by atoms with van der Waals surface area (Å²) in [5, 5.41) is 22.3. The first-order valence-corrected chi connectivity index (χ1v) is 3.36. The van der Waals surface area contributed by atoms with E-state index in [0.29, 0.717) is 6.42 Å². The Kier molecular flexibility index (Phi) is 39.1. The van der Waals surface area contributed by atoms with Crippen molar-refractivity contribution < 1.29 is 30.4 Å². The highest BCUT2D eigenvalue weighted by Gasteiger charge is 1.87. The number of aliphatic hydroxyl groups is 1. The molecular formula is C7H18O6. The molecule has 0 unspecified atom stereocenters. The van der Waals surface area contributed by atoms with Gasteiger partial charge in [-0.05, 0) is 6.42 Å². The molecule has 0 aromatic carbocycles. The summed E-state index contributed by atoms with van der Waals surface area (Å²) in [6.45, 7) is 2.92. The predicted octanol–water partition coefficient (Wildman–Crippen LogP) is -0.254. The third-order valence-corrected chi connectivity index (χ3v) is 0.464. The fourth-order valence-electron chi connectivity index (χ4n) is 0.214. The topological polar surface area (TPSA) is 126 Å². The van der Waals surface area contributed by atoms with Gasteiger partial charge in [0.05, 0.1) is 0 Å². The molecule has 0 amide bonds. The van der Waals surface area contributed by atoms with Crippen molar-refractivity contribution in [3.63, 3.8) is 0 Å². The Morgan fingerprint density at radius 3 is 1.38 bits per heavy atom. The molecule has 0 saturated carbocycles. The van der Waals surface area contributed by atoms with E-state index in [2.05, 4.69) is 0 Å². The van der Waals surface area contributed by atoms with E-state index in [4.69, 9.17) is 20.1 Å². The van der Waals surface area contributed by atoms with Crippen LogP contribution in [0.25, 0.3) is 0 Å². The predicted molar refractivity (Wildman–Crippen MR) is 47.6 cm³/mol. The van der Waals surface area contributed by atoms with Crippen molar-refractivity contribution in [1.82, 2.24) is 0 Å². The lowest BCUT2D eigenvalue weighted by Crippen LogP contribution is -1.90. The Hall–Kier alpha value is -1.14. The van der Waals surface area contributed by atoms with Crippen molar-refractivity contribution >= 4 is 11.9 Å². The second kappa shape index (κ2) is 22.4. The number of carboxylic acid groups (broad SMARTS) is 2. The quantitative estimate of drug-likeness (QED) is 0.563. The lowest BCUT2D eigenvalue weighted by atomic mass is 10.4. The molecule has 0 aliphatic carbocycles. The first-order chi connectivity index (χ1) is 5.50. The van der Waals surface area contributed by atoms with Crippen LogP contribution in [0.15, 0.2) is 0 Å². The van der Waals surface area contributed by atoms with E-state index < -0.39 is 11.9 Å². The number of carbonyl (C=O) groups is 2. The highest BCUT2D eigenvalue weighted by Crippen LogP contribution is 1.82. The summed E-state index contributed by atoms with van der Waals surface area (Å²) < 4.78 is 0. The minimum atomic E-state index is -0.833. The highest BCUT2D eigenvalue weighted by molar-refractivity contribution is 5.66. The van der Waals surface area contributed by atoms with Crippen LogP contribution in [0.3, 0.4) is 0 Å². The van der Waals surface area contributed by atoms with Gasteiger partial charge in [-0.2, -0.15) is 0 Å². The van der Waals surface area contributed by atoms with Crippen molar-refractivity contribution in [2.24, 2.45) is 0 Å². The summed E-state index contributed by atoms with van der Waals surface area (Å²) in [5.41, 5.74) is 0. The minimum absolute atomic E-state index is 0. The molecule has 0 aliphatic rings. The largest absolute Gasteiger partial charge is 0.481 e. The van der Waals surface area contributed by atoms with Gasteiger partial charge in [-0.1, -0.05) is 6.92 Å². The summed E-state index contributed by atoms with van der Waals surface area (Å²) in [6.07, 6.45) is 1.02. The van der Waals surface area contributed by atoms with Gasteiger partial charge in [0.15, 0.2) is 0 Å². The number of aliphatic hydroxyl groups excluding tert-OH is 1. The first kappa shape index (κ1) is 22.6. The normalized spacial score (nSPS) is 6.15. The van der Waals surface area contributed by atoms with Gasteiger partial charge in [-0.15, -0.1) is 0 Å². The lowest BCUT2D eigenvalue weighted by molar-refractivity contribution is -0.137. The molecule has 0 aliphatic heterocycles. The van der Waals surface area contributed by atoms with Gasteiger partial charge in [0.1, 0.15) is 0 Å². The van der Waals surface area contributed by atoms with E-state index in [-0.39, 0.29) is 5.48 Å². The summed E-state index contributed by atoms with van der Waals surface area (Å²) in [6, 6.07) is 0. The zero-order chi connectivity index (χ0) is 10.6. The fourth-order valence-corrected chi connectivity index (χ4v) is 0.214. The summed E-state index contributed by atoms with van der Waals surface area (Å²) in [4.78, 5) is 18.6. The molecular weight excluding hydrogens is 180 g/mol. The smallest absolute Gasteiger partial charge is 0.303 e. The Bertz CT molecular complexity index is 108. The molecule has 5 N–H and O–H groups in total. The third kappa shape index (κ3) is 246. The van der Waals surface area contributed by atoms with E-state index >= 15 is 0 Å². The number of rotatable bonds is 2. The molecule has 0 aromatic rings. The molecule has 0 saturated heterocycles. The van der Waals surface area contributed by atoms with Crippen molar-refractivity contribution in [2.45, 2.75) is 26.7 Å². The van der Waals surface area contributed by atoms with Crippen molar-refractivity contribution in [2.75, 3.05) is 7.11 Å². The molecule has 0 fully saturated rings. The molecule has 0 radical (unpaired) electrons. The van der Waals surface area contributed by atoms with Gasteiger partial charge < -0.3 is 20.8 Å². The maximum absolute atomic E-state index is 9.60. The number of hydrogen-bond donors (Lipinski definition) is 3. The van der Waals surface area contributed by atoms with E-state index in [0.717, 1.165) is 20.5 Å². The molecule has 0 spiro atoms. The lowest BCUT2D eigenvalue weighted by Gasteiger charge is -1.79.